The second-order valence-corrected chi connectivity index (χ2v) is 3.09. The van der Waals surface area contributed by atoms with Crippen molar-refractivity contribution in [1.82, 2.24) is 4.90 Å². The summed E-state index contributed by atoms with van der Waals surface area (Å²) in [5, 5.41) is 0. The summed E-state index contributed by atoms with van der Waals surface area (Å²) in [6.45, 7) is 8.85. The molecule has 0 amide bonds. The molecule has 0 aliphatic carbocycles. The molecule has 0 unspecified atom stereocenters. The lowest BCUT2D eigenvalue weighted by atomic mass is 10.1. The molecule has 1 nitrogen and oxygen atoms in total. The molecular formula is C12H18N. The molecule has 0 spiro atoms. The molecule has 0 saturated carbocycles. The Bertz CT molecular complexity index is 214. The SMILES string of the molecule is CCN([CH]Cc1ccccc1)CC. The Labute approximate surface area is 81.4 Å². The van der Waals surface area contributed by atoms with Gasteiger partial charge >= 0.3 is 0 Å². The zero-order valence-electron chi connectivity index (χ0n) is 8.53. The number of hydrogen-bond acceptors (Lipinski definition) is 1. The third-order valence-electron chi connectivity index (χ3n) is 2.24. The van der Waals surface area contributed by atoms with Crippen molar-refractivity contribution in [3.05, 3.63) is 42.4 Å². The van der Waals surface area contributed by atoms with E-state index < -0.39 is 0 Å². The lowest BCUT2D eigenvalue weighted by Crippen LogP contribution is -2.20. The van der Waals surface area contributed by atoms with E-state index in [1.165, 1.54) is 5.56 Å². The van der Waals surface area contributed by atoms with Gasteiger partial charge in [-0.1, -0.05) is 44.2 Å². The van der Waals surface area contributed by atoms with E-state index in [2.05, 4.69) is 55.6 Å². The third kappa shape index (κ3) is 3.60. The van der Waals surface area contributed by atoms with Gasteiger partial charge in [-0.15, -0.1) is 0 Å². The lowest BCUT2D eigenvalue weighted by Gasteiger charge is -2.16. The summed E-state index contributed by atoms with van der Waals surface area (Å²) in [6, 6.07) is 10.6. The quantitative estimate of drug-likeness (QED) is 0.666. The molecule has 0 aromatic heterocycles. The maximum atomic E-state index is 2.33. The predicted octanol–water partition coefficient (Wildman–Crippen LogP) is 2.73. The zero-order chi connectivity index (χ0) is 9.52. The monoisotopic (exact) mass is 176 g/mol. The van der Waals surface area contributed by atoms with Crippen LogP contribution in [0.2, 0.25) is 0 Å². The molecular weight excluding hydrogens is 158 g/mol. The molecule has 0 N–H and O–H groups in total. The fraction of sp³-hybridized carbons (Fsp3) is 0.417. The van der Waals surface area contributed by atoms with Crippen LogP contribution in [0.5, 0.6) is 0 Å². The normalized spacial score (nSPS) is 10.7. The number of benzene rings is 1. The average molecular weight is 176 g/mol. The van der Waals surface area contributed by atoms with Gasteiger partial charge < -0.3 is 0 Å². The van der Waals surface area contributed by atoms with E-state index in [0.29, 0.717) is 0 Å². The minimum absolute atomic E-state index is 1.04. The van der Waals surface area contributed by atoms with Gasteiger partial charge in [-0.3, -0.25) is 4.90 Å². The first-order valence-corrected chi connectivity index (χ1v) is 4.98. The molecule has 0 bridgehead atoms. The van der Waals surface area contributed by atoms with Crippen molar-refractivity contribution >= 4 is 0 Å². The topological polar surface area (TPSA) is 3.24 Å². The summed E-state index contributed by atoms with van der Waals surface area (Å²) < 4.78 is 0. The minimum atomic E-state index is 1.04. The zero-order valence-corrected chi connectivity index (χ0v) is 8.53. The van der Waals surface area contributed by atoms with Gasteiger partial charge in [0.15, 0.2) is 0 Å². The Balaban J connectivity index is 2.34. The smallest absolute Gasteiger partial charge is 0.0294 e. The van der Waals surface area contributed by atoms with Crippen molar-refractivity contribution < 1.29 is 0 Å². The summed E-state index contributed by atoms with van der Waals surface area (Å²) in [4.78, 5) is 2.33. The highest BCUT2D eigenvalue weighted by Gasteiger charge is 1.99. The molecule has 1 aromatic carbocycles. The van der Waals surface area contributed by atoms with Crippen molar-refractivity contribution in [1.29, 1.82) is 0 Å². The van der Waals surface area contributed by atoms with Crippen LogP contribution >= 0.6 is 0 Å². The maximum absolute atomic E-state index is 2.33. The molecule has 1 heteroatoms. The number of nitrogens with zero attached hydrogens (tertiary/aromatic N) is 1. The van der Waals surface area contributed by atoms with Crippen LogP contribution in [0.4, 0.5) is 0 Å². The lowest BCUT2D eigenvalue weighted by molar-refractivity contribution is 0.365. The first kappa shape index (κ1) is 10.3. The fourth-order valence-electron chi connectivity index (χ4n) is 1.33. The van der Waals surface area contributed by atoms with E-state index in [0.717, 1.165) is 19.5 Å². The van der Waals surface area contributed by atoms with Crippen LogP contribution in [0.25, 0.3) is 0 Å². The first-order chi connectivity index (χ1) is 6.36. The van der Waals surface area contributed by atoms with Gasteiger partial charge in [0.25, 0.3) is 0 Å². The number of likely N-dealkylation sites (N-methyl/N-ethyl adjacent to an activating group) is 1. The summed E-state index contributed by atoms with van der Waals surface area (Å²) in [5.41, 5.74) is 1.38. The van der Waals surface area contributed by atoms with Crippen LogP contribution in [0.15, 0.2) is 30.3 Å². The van der Waals surface area contributed by atoms with Crippen LogP contribution in [-0.4, -0.2) is 18.0 Å². The van der Waals surface area contributed by atoms with Crippen LogP contribution < -0.4 is 0 Å². The van der Waals surface area contributed by atoms with E-state index in [9.17, 15) is 0 Å². The van der Waals surface area contributed by atoms with Gasteiger partial charge in [0.2, 0.25) is 0 Å². The second kappa shape index (κ2) is 5.76. The van der Waals surface area contributed by atoms with Gasteiger partial charge in [0, 0.05) is 6.54 Å². The molecule has 1 aromatic rings. The van der Waals surface area contributed by atoms with Crippen molar-refractivity contribution in [3.8, 4) is 0 Å². The molecule has 0 aliphatic rings. The van der Waals surface area contributed by atoms with E-state index >= 15 is 0 Å². The average Bonchev–Trinajstić information content (AvgIpc) is 2.21. The molecule has 0 fully saturated rings. The van der Waals surface area contributed by atoms with E-state index in [1.807, 2.05) is 0 Å². The van der Waals surface area contributed by atoms with Gasteiger partial charge in [0.05, 0.1) is 0 Å². The molecule has 0 heterocycles. The summed E-state index contributed by atoms with van der Waals surface area (Å²) >= 11 is 0. The van der Waals surface area contributed by atoms with E-state index in [1.54, 1.807) is 0 Å². The highest BCUT2D eigenvalue weighted by atomic mass is 15.1. The Hall–Kier alpha value is -0.820. The van der Waals surface area contributed by atoms with Crippen molar-refractivity contribution in [2.24, 2.45) is 0 Å². The standard InChI is InChI=1S/C12H18N/c1-3-13(4-2)11-10-12-8-6-5-7-9-12/h5-9,11H,3-4,10H2,1-2H3. The summed E-state index contributed by atoms with van der Waals surface area (Å²) in [7, 11) is 0. The van der Waals surface area contributed by atoms with Crippen molar-refractivity contribution in [2.75, 3.05) is 13.1 Å². The third-order valence-corrected chi connectivity index (χ3v) is 2.24. The Kier molecular flexibility index (Phi) is 4.55. The maximum Gasteiger partial charge on any atom is 0.0294 e. The van der Waals surface area contributed by atoms with E-state index in [-0.39, 0.29) is 0 Å². The largest absolute Gasteiger partial charge is 0.299 e. The van der Waals surface area contributed by atoms with Gasteiger partial charge in [-0.05, 0) is 25.1 Å². The van der Waals surface area contributed by atoms with Crippen molar-refractivity contribution in [2.45, 2.75) is 20.3 Å². The van der Waals surface area contributed by atoms with Crippen LogP contribution in [-0.2, 0) is 6.42 Å². The molecule has 1 rings (SSSR count). The second-order valence-electron chi connectivity index (χ2n) is 3.09. The van der Waals surface area contributed by atoms with Crippen LogP contribution in [0, 0.1) is 6.54 Å². The van der Waals surface area contributed by atoms with Crippen LogP contribution in [0.3, 0.4) is 0 Å². The fourth-order valence-corrected chi connectivity index (χ4v) is 1.33. The molecule has 71 valence electrons. The van der Waals surface area contributed by atoms with E-state index in [4.69, 9.17) is 0 Å². The van der Waals surface area contributed by atoms with Crippen molar-refractivity contribution in [3.63, 3.8) is 0 Å². The summed E-state index contributed by atoms with van der Waals surface area (Å²) in [6.07, 6.45) is 1.04. The van der Waals surface area contributed by atoms with Gasteiger partial charge in [-0.25, -0.2) is 0 Å². The molecule has 1 radical (unpaired) electrons. The molecule has 0 saturated heterocycles. The molecule has 0 aliphatic heterocycles. The highest BCUT2D eigenvalue weighted by Crippen LogP contribution is 2.04. The molecule has 13 heavy (non-hydrogen) atoms. The van der Waals surface area contributed by atoms with Gasteiger partial charge in [0.1, 0.15) is 0 Å². The number of hydrogen-bond donors (Lipinski definition) is 0. The number of rotatable bonds is 5. The summed E-state index contributed by atoms with van der Waals surface area (Å²) in [5.74, 6) is 0. The highest BCUT2D eigenvalue weighted by molar-refractivity contribution is 5.16. The van der Waals surface area contributed by atoms with Gasteiger partial charge in [-0.2, -0.15) is 0 Å². The predicted molar refractivity (Wildman–Crippen MR) is 57.4 cm³/mol. The molecule has 0 atom stereocenters. The van der Waals surface area contributed by atoms with Crippen LogP contribution in [0.1, 0.15) is 19.4 Å². The minimum Gasteiger partial charge on any atom is -0.299 e. The Morgan fingerprint density at radius 1 is 1.08 bits per heavy atom. The Morgan fingerprint density at radius 2 is 1.69 bits per heavy atom. The Morgan fingerprint density at radius 3 is 2.23 bits per heavy atom. The first-order valence-electron chi connectivity index (χ1n) is 4.98.